The molecule has 0 aromatic heterocycles. The number of nitrogens with one attached hydrogen (secondary N) is 1. The summed E-state index contributed by atoms with van der Waals surface area (Å²) in [6.45, 7) is 1.00. The van der Waals surface area contributed by atoms with Crippen LogP contribution in [0.4, 0.5) is 5.69 Å². The topological polar surface area (TPSA) is 12.0 Å². The summed E-state index contributed by atoms with van der Waals surface area (Å²) in [6.07, 6.45) is 2.13. The summed E-state index contributed by atoms with van der Waals surface area (Å²) in [5.41, 5.74) is 3.75. The van der Waals surface area contributed by atoms with Gasteiger partial charge in [-0.3, -0.25) is 0 Å². The average molecular weight is 243 g/mol. The van der Waals surface area contributed by atoms with Crippen molar-refractivity contribution in [3.05, 3.63) is 54.6 Å². The van der Waals surface area contributed by atoms with Gasteiger partial charge in [0.05, 0.1) is 0 Å². The van der Waals surface area contributed by atoms with Crippen LogP contribution in [-0.2, 0) is 0 Å². The number of para-hydroxylation sites is 1. The van der Waals surface area contributed by atoms with Gasteiger partial charge in [0.1, 0.15) is 0 Å². The van der Waals surface area contributed by atoms with Gasteiger partial charge in [-0.1, -0.05) is 48.5 Å². The molecular weight excluding hydrogens is 226 g/mol. The summed E-state index contributed by atoms with van der Waals surface area (Å²) >= 11 is 1.86. The van der Waals surface area contributed by atoms with Gasteiger partial charge in [-0.15, -0.1) is 0 Å². The van der Waals surface area contributed by atoms with E-state index < -0.39 is 0 Å². The molecule has 0 radical (unpaired) electrons. The molecule has 0 saturated heterocycles. The Labute approximate surface area is 107 Å². The molecule has 0 unspecified atom stereocenters. The number of hydrogen-bond acceptors (Lipinski definition) is 2. The van der Waals surface area contributed by atoms with E-state index in [1.165, 1.54) is 16.8 Å². The quantitative estimate of drug-likeness (QED) is 0.792. The highest BCUT2D eigenvalue weighted by atomic mass is 32.2. The van der Waals surface area contributed by atoms with E-state index in [1.807, 2.05) is 17.8 Å². The van der Waals surface area contributed by atoms with Crippen LogP contribution < -0.4 is 5.32 Å². The summed E-state index contributed by atoms with van der Waals surface area (Å²) in [4.78, 5) is 0. The third kappa shape index (κ3) is 3.27. The molecule has 0 aliphatic heterocycles. The second kappa shape index (κ2) is 6.36. The maximum absolute atomic E-state index is 3.49. The zero-order valence-corrected chi connectivity index (χ0v) is 10.8. The minimum Gasteiger partial charge on any atom is -0.384 e. The van der Waals surface area contributed by atoms with Crippen molar-refractivity contribution in [1.82, 2.24) is 0 Å². The van der Waals surface area contributed by atoms with E-state index in [0.717, 1.165) is 12.3 Å². The minimum absolute atomic E-state index is 1.00. The standard InChI is InChI=1S/C15H17NS/c1-17-12-11-16-15-10-6-5-9-14(15)13-7-3-2-4-8-13/h2-10,16H,11-12H2,1H3. The van der Waals surface area contributed by atoms with Crippen molar-refractivity contribution in [3.63, 3.8) is 0 Å². The summed E-state index contributed by atoms with van der Waals surface area (Å²) in [5.74, 6) is 1.13. The van der Waals surface area contributed by atoms with Crippen molar-refractivity contribution >= 4 is 17.4 Å². The largest absolute Gasteiger partial charge is 0.384 e. The van der Waals surface area contributed by atoms with E-state index in [2.05, 4.69) is 60.1 Å². The molecule has 0 atom stereocenters. The number of thioether (sulfide) groups is 1. The number of benzene rings is 2. The summed E-state index contributed by atoms with van der Waals surface area (Å²) in [7, 11) is 0. The molecule has 2 rings (SSSR count). The van der Waals surface area contributed by atoms with Crippen molar-refractivity contribution in [1.29, 1.82) is 0 Å². The lowest BCUT2D eigenvalue weighted by atomic mass is 10.0. The van der Waals surface area contributed by atoms with Gasteiger partial charge >= 0.3 is 0 Å². The third-order valence-corrected chi connectivity index (χ3v) is 3.25. The fourth-order valence-electron chi connectivity index (χ4n) is 1.79. The molecule has 0 amide bonds. The van der Waals surface area contributed by atoms with Crippen LogP contribution in [0.5, 0.6) is 0 Å². The molecule has 2 aromatic carbocycles. The molecule has 0 spiro atoms. The molecule has 2 heteroatoms. The van der Waals surface area contributed by atoms with Gasteiger partial charge in [0.15, 0.2) is 0 Å². The second-order valence-corrected chi connectivity index (χ2v) is 4.82. The Morgan fingerprint density at radius 2 is 1.65 bits per heavy atom. The number of rotatable bonds is 5. The summed E-state index contributed by atoms with van der Waals surface area (Å²) in [6, 6.07) is 19.0. The molecule has 0 aliphatic carbocycles. The van der Waals surface area contributed by atoms with Crippen LogP contribution in [-0.4, -0.2) is 18.6 Å². The van der Waals surface area contributed by atoms with Crippen LogP contribution in [0.15, 0.2) is 54.6 Å². The van der Waals surface area contributed by atoms with Crippen LogP contribution in [0.2, 0.25) is 0 Å². The first-order valence-electron chi connectivity index (χ1n) is 5.79. The molecule has 1 N–H and O–H groups in total. The van der Waals surface area contributed by atoms with Gasteiger partial charge in [0.25, 0.3) is 0 Å². The fraction of sp³-hybridized carbons (Fsp3) is 0.200. The van der Waals surface area contributed by atoms with Crippen LogP contribution in [0.1, 0.15) is 0 Å². The maximum atomic E-state index is 3.49. The number of anilines is 1. The van der Waals surface area contributed by atoms with Gasteiger partial charge in [-0.25, -0.2) is 0 Å². The van der Waals surface area contributed by atoms with Crippen molar-refractivity contribution < 1.29 is 0 Å². The first kappa shape index (κ1) is 12.1. The van der Waals surface area contributed by atoms with Crippen molar-refractivity contribution in [3.8, 4) is 11.1 Å². The molecule has 17 heavy (non-hydrogen) atoms. The summed E-state index contributed by atoms with van der Waals surface area (Å²) < 4.78 is 0. The average Bonchev–Trinajstić information content (AvgIpc) is 2.41. The predicted molar refractivity (Wildman–Crippen MR) is 78.7 cm³/mol. The van der Waals surface area contributed by atoms with Crippen LogP contribution >= 0.6 is 11.8 Å². The molecule has 0 saturated carbocycles. The van der Waals surface area contributed by atoms with E-state index in [-0.39, 0.29) is 0 Å². The SMILES string of the molecule is CSCCNc1ccccc1-c1ccccc1. The second-order valence-electron chi connectivity index (χ2n) is 3.83. The van der Waals surface area contributed by atoms with E-state index in [0.29, 0.717) is 0 Å². The smallest absolute Gasteiger partial charge is 0.0420 e. The maximum Gasteiger partial charge on any atom is 0.0420 e. The predicted octanol–water partition coefficient (Wildman–Crippen LogP) is 4.13. The molecule has 0 bridgehead atoms. The van der Waals surface area contributed by atoms with Gasteiger partial charge in [-0.2, -0.15) is 11.8 Å². The molecule has 88 valence electrons. The first-order valence-corrected chi connectivity index (χ1v) is 7.18. The van der Waals surface area contributed by atoms with Crippen LogP contribution in [0.3, 0.4) is 0 Å². The highest BCUT2D eigenvalue weighted by Crippen LogP contribution is 2.27. The normalized spacial score (nSPS) is 10.2. The van der Waals surface area contributed by atoms with E-state index in [4.69, 9.17) is 0 Å². The minimum atomic E-state index is 1.00. The Bertz CT molecular complexity index is 453. The molecule has 0 heterocycles. The van der Waals surface area contributed by atoms with Gasteiger partial charge in [0.2, 0.25) is 0 Å². The lowest BCUT2D eigenvalue weighted by molar-refractivity contribution is 1.23. The Balaban J connectivity index is 2.22. The lowest BCUT2D eigenvalue weighted by Gasteiger charge is -2.11. The Morgan fingerprint density at radius 3 is 2.41 bits per heavy atom. The van der Waals surface area contributed by atoms with Crippen molar-refractivity contribution in [2.24, 2.45) is 0 Å². The lowest BCUT2D eigenvalue weighted by Crippen LogP contribution is -2.04. The number of hydrogen-bond donors (Lipinski definition) is 1. The van der Waals surface area contributed by atoms with Gasteiger partial charge in [0, 0.05) is 23.5 Å². The van der Waals surface area contributed by atoms with Crippen LogP contribution in [0.25, 0.3) is 11.1 Å². The van der Waals surface area contributed by atoms with E-state index in [1.54, 1.807) is 0 Å². The van der Waals surface area contributed by atoms with E-state index in [9.17, 15) is 0 Å². The highest BCUT2D eigenvalue weighted by molar-refractivity contribution is 7.98. The first-order chi connectivity index (χ1) is 8.42. The Hall–Kier alpha value is -1.41. The van der Waals surface area contributed by atoms with Crippen molar-refractivity contribution in [2.45, 2.75) is 0 Å². The molecule has 2 aromatic rings. The van der Waals surface area contributed by atoms with Crippen LogP contribution in [0, 0.1) is 0 Å². The molecule has 1 nitrogen and oxygen atoms in total. The van der Waals surface area contributed by atoms with E-state index >= 15 is 0 Å². The zero-order chi connectivity index (χ0) is 11.9. The molecular formula is C15H17NS. The highest BCUT2D eigenvalue weighted by Gasteiger charge is 2.02. The molecule has 0 fully saturated rings. The fourth-order valence-corrected chi connectivity index (χ4v) is 2.10. The Kier molecular flexibility index (Phi) is 4.51. The van der Waals surface area contributed by atoms with Gasteiger partial charge < -0.3 is 5.32 Å². The van der Waals surface area contributed by atoms with Gasteiger partial charge in [-0.05, 0) is 17.9 Å². The zero-order valence-electron chi connectivity index (χ0n) is 10.0. The Morgan fingerprint density at radius 1 is 0.941 bits per heavy atom. The summed E-state index contributed by atoms with van der Waals surface area (Å²) in [5, 5.41) is 3.49. The monoisotopic (exact) mass is 243 g/mol. The molecule has 0 aliphatic rings. The third-order valence-electron chi connectivity index (χ3n) is 2.63. The van der Waals surface area contributed by atoms with Crippen molar-refractivity contribution in [2.75, 3.05) is 23.9 Å².